The molecule has 0 spiro atoms. The molecule has 0 fully saturated rings. The van der Waals surface area contributed by atoms with Gasteiger partial charge in [-0.3, -0.25) is 4.79 Å². The van der Waals surface area contributed by atoms with Crippen LogP contribution >= 0.6 is 0 Å². The number of benzene rings is 2. The number of carbonyl (C=O) groups is 1. The second kappa shape index (κ2) is 6.31. The van der Waals surface area contributed by atoms with Crippen LogP contribution in [0.5, 0.6) is 11.5 Å². The number of ketones is 1. The van der Waals surface area contributed by atoms with Crippen LogP contribution in [-0.2, 0) is 0 Å². The standard InChI is InChI=1S/C17H19NO3/c1-11-4-9-16(20-3)15(10-11)17(19)12(2)21-14-7-5-13(18)6-8-14/h4-10,12H,18H2,1-3H3. The third-order valence-corrected chi connectivity index (χ3v) is 3.18. The first-order valence-corrected chi connectivity index (χ1v) is 6.72. The molecule has 0 saturated heterocycles. The smallest absolute Gasteiger partial charge is 0.206 e. The van der Waals surface area contributed by atoms with E-state index < -0.39 is 6.10 Å². The van der Waals surface area contributed by atoms with E-state index in [1.165, 1.54) is 0 Å². The Morgan fingerprint density at radius 1 is 1.14 bits per heavy atom. The number of carbonyl (C=O) groups excluding carboxylic acids is 1. The molecule has 110 valence electrons. The molecule has 0 aliphatic heterocycles. The average molecular weight is 285 g/mol. The summed E-state index contributed by atoms with van der Waals surface area (Å²) in [6, 6.07) is 12.5. The molecule has 1 atom stereocenters. The van der Waals surface area contributed by atoms with E-state index in [-0.39, 0.29) is 5.78 Å². The minimum Gasteiger partial charge on any atom is -0.496 e. The highest BCUT2D eigenvalue weighted by molar-refractivity contribution is 6.02. The molecule has 2 aromatic carbocycles. The van der Waals surface area contributed by atoms with Gasteiger partial charge >= 0.3 is 0 Å². The van der Waals surface area contributed by atoms with Gasteiger partial charge in [0.25, 0.3) is 0 Å². The van der Waals surface area contributed by atoms with Crippen LogP contribution < -0.4 is 15.2 Å². The van der Waals surface area contributed by atoms with E-state index in [1.54, 1.807) is 44.4 Å². The molecule has 2 aromatic rings. The number of nitrogens with two attached hydrogens (primary N) is 1. The number of methoxy groups -OCH3 is 1. The predicted molar refractivity (Wildman–Crippen MR) is 83.0 cm³/mol. The molecule has 0 aliphatic carbocycles. The fraction of sp³-hybridized carbons (Fsp3) is 0.235. The maximum absolute atomic E-state index is 12.5. The number of hydrogen-bond donors (Lipinski definition) is 1. The fourth-order valence-electron chi connectivity index (χ4n) is 2.04. The Hall–Kier alpha value is -2.49. The van der Waals surface area contributed by atoms with Gasteiger partial charge in [0.2, 0.25) is 5.78 Å². The highest BCUT2D eigenvalue weighted by Gasteiger charge is 2.20. The van der Waals surface area contributed by atoms with Gasteiger partial charge < -0.3 is 15.2 Å². The fourth-order valence-corrected chi connectivity index (χ4v) is 2.04. The number of ether oxygens (including phenoxy) is 2. The molecule has 2 rings (SSSR count). The van der Waals surface area contributed by atoms with Gasteiger partial charge in [-0.25, -0.2) is 0 Å². The molecule has 0 heterocycles. The van der Waals surface area contributed by atoms with Gasteiger partial charge in [-0.1, -0.05) is 11.6 Å². The second-order valence-electron chi connectivity index (χ2n) is 4.90. The zero-order chi connectivity index (χ0) is 15.4. The zero-order valence-corrected chi connectivity index (χ0v) is 12.4. The summed E-state index contributed by atoms with van der Waals surface area (Å²) in [7, 11) is 1.55. The SMILES string of the molecule is COc1ccc(C)cc1C(=O)C(C)Oc1ccc(N)cc1. The van der Waals surface area contributed by atoms with Crippen molar-refractivity contribution in [2.24, 2.45) is 0 Å². The summed E-state index contributed by atoms with van der Waals surface area (Å²) in [6.45, 7) is 3.65. The Morgan fingerprint density at radius 2 is 1.81 bits per heavy atom. The Labute approximate surface area is 124 Å². The first-order valence-electron chi connectivity index (χ1n) is 6.72. The van der Waals surface area contributed by atoms with Crippen LogP contribution in [0.4, 0.5) is 5.69 Å². The van der Waals surface area contributed by atoms with E-state index in [9.17, 15) is 4.79 Å². The van der Waals surface area contributed by atoms with Gasteiger partial charge in [-0.05, 0) is 50.2 Å². The number of anilines is 1. The summed E-state index contributed by atoms with van der Waals surface area (Å²) in [5.41, 5.74) is 7.81. The molecule has 4 heteroatoms. The van der Waals surface area contributed by atoms with E-state index in [0.29, 0.717) is 22.7 Å². The lowest BCUT2D eigenvalue weighted by Crippen LogP contribution is -2.24. The molecular weight excluding hydrogens is 266 g/mol. The van der Waals surface area contributed by atoms with Crippen LogP contribution in [0.25, 0.3) is 0 Å². The highest BCUT2D eigenvalue weighted by Crippen LogP contribution is 2.23. The van der Waals surface area contributed by atoms with Crippen molar-refractivity contribution in [3.05, 3.63) is 53.6 Å². The monoisotopic (exact) mass is 285 g/mol. The van der Waals surface area contributed by atoms with Crippen molar-refractivity contribution in [1.29, 1.82) is 0 Å². The molecule has 1 unspecified atom stereocenters. The van der Waals surface area contributed by atoms with Crippen LogP contribution in [0.2, 0.25) is 0 Å². The van der Waals surface area contributed by atoms with Crippen LogP contribution in [0.3, 0.4) is 0 Å². The molecule has 0 aromatic heterocycles. The van der Waals surface area contributed by atoms with E-state index in [1.807, 2.05) is 19.1 Å². The number of Topliss-reactive ketones (excluding diaryl/α,β-unsaturated/α-hetero) is 1. The van der Waals surface area contributed by atoms with Gasteiger partial charge in [0.15, 0.2) is 6.10 Å². The van der Waals surface area contributed by atoms with Crippen LogP contribution in [0, 0.1) is 6.92 Å². The summed E-state index contributed by atoms with van der Waals surface area (Å²) in [4.78, 5) is 12.5. The van der Waals surface area contributed by atoms with Crippen molar-refractivity contribution in [2.75, 3.05) is 12.8 Å². The summed E-state index contributed by atoms with van der Waals surface area (Å²) < 4.78 is 10.9. The zero-order valence-electron chi connectivity index (χ0n) is 12.4. The predicted octanol–water partition coefficient (Wildman–Crippen LogP) is 3.24. The first kappa shape index (κ1) is 14.9. The molecule has 21 heavy (non-hydrogen) atoms. The van der Waals surface area contributed by atoms with Gasteiger partial charge in [0.05, 0.1) is 12.7 Å². The van der Waals surface area contributed by atoms with Crippen LogP contribution in [-0.4, -0.2) is 19.0 Å². The van der Waals surface area contributed by atoms with Crippen molar-refractivity contribution in [3.8, 4) is 11.5 Å². The topological polar surface area (TPSA) is 61.5 Å². The lowest BCUT2D eigenvalue weighted by Gasteiger charge is -2.16. The average Bonchev–Trinajstić information content (AvgIpc) is 2.48. The molecule has 0 saturated carbocycles. The molecule has 2 N–H and O–H groups in total. The minimum atomic E-state index is -0.607. The summed E-state index contributed by atoms with van der Waals surface area (Å²) in [6.07, 6.45) is -0.607. The normalized spacial score (nSPS) is 11.8. The maximum atomic E-state index is 12.5. The molecular formula is C17H19NO3. The lowest BCUT2D eigenvalue weighted by molar-refractivity contribution is 0.0815. The van der Waals surface area contributed by atoms with Crippen molar-refractivity contribution < 1.29 is 14.3 Å². The minimum absolute atomic E-state index is 0.118. The van der Waals surface area contributed by atoms with E-state index in [0.717, 1.165) is 5.56 Å². The Kier molecular flexibility index (Phi) is 4.48. The quantitative estimate of drug-likeness (QED) is 0.676. The van der Waals surface area contributed by atoms with Gasteiger partial charge in [-0.15, -0.1) is 0 Å². The Bertz CT molecular complexity index is 635. The Morgan fingerprint density at radius 3 is 2.43 bits per heavy atom. The first-order chi connectivity index (χ1) is 10.0. The molecule has 4 nitrogen and oxygen atoms in total. The van der Waals surface area contributed by atoms with Crippen molar-refractivity contribution >= 4 is 11.5 Å². The number of nitrogen functional groups attached to an aromatic ring is 1. The summed E-state index contributed by atoms with van der Waals surface area (Å²) >= 11 is 0. The maximum Gasteiger partial charge on any atom is 0.206 e. The van der Waals surface area contributed by atoms with Gasteiger partial charge in [0, 0.05) is 5.69 Å². The van der Waals surface area contributed by atoms with Crippen molar-refractivity contribution in [1.82, 2.24) is 0 Å². The second-order valence-corrected chi connectivity index (χ2v) is 4.90. The third-order valence-electron chi connectivity index (χ3n) is 3.18. The van der Waals surface area contributed by atoms with Crippen LogP contribution in [0.15, 0.2) is 42.5 Å². The molecule has 0 aliphatic rings. The Balaban J connectivity index is 2.19. The molecule has 0 bridgehead atoms. The van der Waals surface area contributed by atoms with E-state index in [4.69, 9.17) is 15.2 Å². The van der Waals surface area contributed by atoms with Crippen LogP contribution in [0.1, 0.15) is 22.8 Å². The van der Waals surface area contributed by atoms with Gasteiger partial charge in [0.1, 0.15) is 11.5 Å². The highest BCUT2D eigenvalue weighted by atomic mass is 16.5. The third kappa shape index (κ3) is 3.54. The molecule has 0 radical (unpaired) electrons. The number of rotatable bonds is 5. The summed E-state index contributed by atoms with van der Waals surface area (Å²) in [5.74, 6) is 1.04. The van der Waals surface area contributed by atoms with Crippen molar-refractivity contribution in [2.45, 2.75) is 20.0 Å². The van der Waals surface area contributed by atoms with E-state index in [2.05, 4.69) is 0 Å². The lowest BCUT2D eigenvalue weighted by atomic mass is 10.0. The number of aryl methyl sites for hydroxylation is 1. The van der Waals surface area contributed by atoms with Gasteiger partial charge in [-0.2, -0.15) is 0 Å². The largest absolute Gasteiger partial charge is 0.496 e. The van der Waals surface area contributed by atoms with E-state index >= 15 is 0 Å². The number of hydrogen-bond acceptors (Lipinski definition) is 4. The summed E-state index contributed by atoms with van der Waals surface area (Å²) in [5, 5.41) is 0. The molecule has 0 amide bonds. The van der Waals surface area contributed by atoms with Crippen molar-refractivity contribution in [3.63, 3.8) is 0 Å².